The zero-order chi connectivity index (χ0) is 25.3. The minimum atomic E-state index is -0.204. The molecule has 0 amide bonds. The van der Waals surface area contributed by atoms with E-state index in [0.29, 0.717) is 6.54 Å². The van der Waals surface area contributed by atoms with Crippen LogP contribution >= 0.6 is 17.2 Å². The van der Waals surface area contributed by atoms with E-state index in [0.717, 1.165) is 67.5 Å². The van der Waals surface area contributed by atoms with Crippen LogP contribution in [0.15, 0.2) is 0 Å². The molecule has 0 aliphatic carbocycles. The highest BCUT2D eigenvalue weighted by Crippen LogP contribution is 2.28. The standard InChI is InChI=1S/C25H55NO5P2/c1-19(2)28-23(29-20(3)4)10-14-32-16-12-25(18-26,27-9)13-17-33-15-11-24(30-21(5)6)31-22(7)8/h19-24,32-33H,10-18,26H2,1-9H3. The summed E-state index contributed by atoms with van der Waals surface area (Å²) in [5.41, 5.74) is 5.96. The molecular weight excluding hydrogens is 456 g/mol. The fourth-order valence-corrected chi connectivity index (χ4v) is 6.13. The predicted octanol–water partition coefficient (Wildman–Crippen LogP) is 5.60. The molecule has 33 heavy (non-hydrogen) atoms. The van der Waals surface area contributed by atoms with Gasteiger partial charge in [-0.25, -0.2) is 0 Å². The lowest BCUT2D eigenvalue weighted by atomic mass is 9.97. The van der Waals surface area contributed by atoms with Gasteiger partial charge in [-0.1, -0.05) is 0 Å². The minimum absolute atomic E-state index is 0.108. The Morgan fingerprint density at radius 1 is 0.606 bits per heavy atom. The van der Waals surface area contributed by atoms with Crippen molar-refractivity contribution in [2.75, 3.05) is 38.3 Å². The fraction of sp³-hybridized carbons (Fsp3) is 1.00. The monoisotopic (exact) mass is 511 g/mol. The highest BCUT2D eigenvalue weighted by Gasteiger charge is 2.27. The van der Waals surface area contributed by atoms with Crippen molar-refractivity contribution in [3.63, 3.8) is 0 Å². The SMILES string of the molecule is COC(CN)(CCPCCC(OC(C)C)OC(C)C)CCPCCC(OC(C)C)OC(C)C. The first kappa shape index (κ1) is 33.6. The Kier molecular flexibility index (Phi) is 20.1. The number of nitrogens with two attached hydrogens (primary N) is 1. The van der Waals surface area contributed by atoms with Crippen LogP contribution in [0, 0.1) is 0 Å². The van der Waals surface area contributed by atoms with Gasteiger partial charge in [-0.05, 0) is 92.9 Å². The van der Waals surface area contributed by atoms with E-state index >= 15 is 0 Å². The summed E-state index contributed by atoms with van der Waals surface area (Å²) in [5, 5.41) is 0. The summed E-state index contributed by atoms with van der Waals surface area (Å²) in [6, 6.07) is 0. The molecule has 2 unspecified atom stereocenters. The zero-order valence-electron chi connectivity index (χ0n) is 22.9. The van der Waals surface area contributed by atoms with Gasteiger partial charge < -0.3 is 29.4 Å². The first-order chi connectivity index (χ1) is 15.5. The van der Waals surface area contributed by atoms with E-state index in [1.54, 1.807) is 0 Å². The van der Waals surface area contributed by atoms with Gasteiger partial charge >= 0.3 is 0 Å². The molecule has 0 aliphatic rings. The topological polar surface area (TPSA) is 72.2 Å². The van der Waals surface area contributed by atoms with Gasteiger partial charge in [0.05, 0.1) is 30.0 Å². The van der Waals surface area contributed by atoms with Gasteiger partial charge in [0.1, 0.15) is 0 Å². The molecule has 6 nitrogen and oxygen atoms in total. The van der Waals surface area contributed by atoms with E-state index in [4.69, 9.17) is 29.4 Å². The number of hydrogen-bond donors (Lipinski definition) is 1. The molecule has 0 saturated heterocycles. The third-order valence-electron chi connectivity index (χ3n) is 5.13. The Hall–Kier alpha value is 0.620. The third-order valence-corrected chi connectivity index (χ3v) is 7.62. The molecule has 0 heterocycles. The van der Waals surface area contributed by atoms with Gasteiger partial charge in [0, 0.05) is 26.5 Å². The number of hydrogen-bond acceptors (Lipinski definition) is 6. The van der Waals surface area contributed by atoms with Crippen molar-refractivity contribution in [2.24, 2.45) is 5.73 Å². The largest absolute Gasteiger partial charge is 0.377 e. The van der Waals surface area contributed by atoms with Gasteiger partial charge in [0.25, 0.3) is 0 Å². The van der Waals surface area contributed by atoms with E-state index in [1.165, 1.54) is 0 Å². The minimum Gasteiger partial charge on any atom is -0.377 e. The van der Waals surface area contributed by atoms with Crippen LogP contribution in [-0.4, -0.2) is 80.9 Å². The molecule has 0 aromatic rings. The van der Waals surface area contributed by atoms with Crippen molar-refractivity contribution >= 4 is 17.2 Å². The number of rotatable bonds is 22. The highest BCUT2D eigenvalue weighted by molar-refractivity contribution is 7.38. The highest BCUT2D eigenvalue weighted by atomic mass is 31.1. The zero-order valence-corrected chi connectivity index (χ0v) is 24.9. The van der Waals surface area contributed by atoms with Crippen molar-refractivity contribution in [3.05, 3.63) is 0 Å². The second kappa shape index (κ2) is 19.8. The summed E-state index contributed by atoms with van der Waals surface area (Å²) in [5.74, 6) is 0. The normalized spacial score (nSPS) is 15.3. The van der Waals surface area contributed by atoms with E-state index < -0.39 is 0 Å². The Morgan fingerprint density at radius 3 is 1.18 bits per heavy atom. The molecular formula is C25H55NO5P2. The first-order valence-electron chi connectivity index (χ1n) is 12.8. The lowest BCUT2D eigenvalue weighted by Gasteiger charge is -2.31. The quantitative estimate of drug-likeness (QED) is 0.116. The molecule has 0 saturated carbocycles. The average molecular weight is 512 g/mol. The lowest BCUT2D eigenvalue weighted by molar-refractivity contribution is -0.181. The molecule has 0 fully saturated rings. The maximum atomic E-state index is 6.16. The Morgan fingerprint density at radius 2 is 0.939 bits per heavy atom. The first-order valence-corrected chi connectivity index (χ1v) is 15.6. The van der Waals surface area contributed by atoms with E-state index in [-0.39, 0.29) is 42.6 Å². The molecule has 0 spiro atoms. The molecule has 0 bridgehead atoms. The second-order valence-electron chi connectivity index (χ2n) is 9.77. The van der Waals surface area contributed by atoms with Gasteiger partial charge in [0.15, 0.2) is 12.6 Å². The van der Waals surface area contributed by atoms with Crippen molar-refractivity contribution in [1.82, 2.24) is 0 Å². The lowest BCUT2D eigenvalue weighted by Crippen LogP contribution is -2.41. The molecule has 8 heteroatoms. The van der Waals surface area contributed by atoms with E-state index in [9.17, 15) is 0 Å². The van der Waals surface area contributed by atoms with E-state index in [2.05, 4.69) is 55.4 Å². The molecule has 0 aromatic carbocycles. The predicted molar refractivity (Wildman–Crippen MR) is 146 cm³/mol. The summed E-state index contributed by atoms with van der Waals surface area (Å²) in [7, 11) is 3.55. The summed E-state index contributed by atoms with van der Waals surface area (Å²) >= 11 is 0. The van der Waals surface area contributed by atoms with Gasteiger partial charge in [-0.3, -0.25) is 0 Å². The fourth-order valence-electron chi connectivity index (χ4n) is 3.49. The molecule has 2 atom stereocenters. The summed E-state index contributed by atoms with van der Waals surface area (Å²) in [6.07, 6.45) is 8.92. The summed E-state index contributed by atoms with van der Waals surface area (Å²) < 4.78 is 29.6. The van der Waals surface area contributed by atoms with Gasteiger partial charge in [-0.2, -0.15) is 0 Å². The van der Waals surface area contributed by atoms with Crippen molar-refractivity contribution < 1.29 is 23.7 Å². The average Bonchev–Trinajstić information content (AvgIpc) is 2.70. The maximum absolute atomic E-state index is 6.16. The van der Waals surface area contributed by atoms with Gasteiger partial charge in [-0.15, -0.1) is 17.2 Å². The van der Waals surface area contributed by atoms with Crippen molar-refractivity contribution in [3.8, 4) is 0 Å². The van der Waals surface area contributed by atoms with Crippen LogP contribution in [0.2, 0.25) is 0 Å². The molecule has 0 aliphatic heterocycles. The Balaban J connectivity index is 4.31. The van der Waals surface area contributed by atoms with Crippen molar-refractivity contribution in [2.45, 2.75) is 124 Å². The summed E-state index contributed by atoms with van der Waals surface area (Å²) in [6.45, 7) is 17.0. The molecule has 0 radical (unpaired) electrons. The van der Waals surface area contributed by atoms with Gasteiger partial charge in [0.2, 0.25) is 0 Å². The van der Waals surface area contributed by atoms with Crippen LogP contribution in [0.1, 0.15) is 81.1 Å². The van der Waals surface area contributed by atoms with Crippen LogP contribution in [-0.2, 0) is 23.7 Å². The number of ether oxygens (including phenoxy) is 5. The van der Waals surface area contributed by atoms with Crippen LogP contribution in [0.4, 0.5) is 0 Å². The number of methoxy groups -OCH3 is 1. The molecule has 200 valence electrons. The van der Waals surface area contributed by atoms with Crippen LogP contribution < -0.4 is 5.73 Å². The molecule has 2 N–H and O–H groups in total. The van der Waals surface area contributed by atoms with Crippen LogP contribution in [0.5, 0.6) is 0 Å². The Labute approximate surface area is 208 Å². The smallest absolute Gasteiger partial charge is 0.158 e. The maximum Gasteiger partial charge on any atom is 0.158 e. The Bertz CT molecular complexity index is 393. The van der Waals surface area contributed by atoms with E-state index in [1.807, 2.05) is 7.11 Å². The second-order valence-corrected chi connectivity index (χ2v) is 12.8. The third kappa shape index (κ3) is 18.5. The van der Waals surface area contributed by atoms with Crippen molar-refractivity contribution in [1.29, 1.82) is 0 Å². The molecule has 0 aromatic heterocycles. The van der Waals surface area contributed by atoms with Crippen LogP contribution in [0.25, 0.3) is 0 Å². The summed E-state index contributed by atoms with van der Waals surface area (Å²) in [4.78, 5) is 0. The molecule has 0 rings (SSSR count). The van der Waals surface area contributed by atoms with Crippen LogP contribution in [0.3, 0.4) is 0 Å².